The minimum absolute atomic E-state index is 0.0825. The Morgan fingerprint density at radius 3 is 2.00 bits per heavy atom. The Labute approximate surface area is 198 Å². The lowest BCUT2D eigenvalue weighted by molar-refractivity contribution is -0.133. The van der Waals surface area contributed by atoms with Gasteiger partial charge in [0.25, 0.3) is 0 Å². The van der Waals surface area contributed by atoms with Crippen LogP contribution in [0.3, 0.4) is 0 Å². The molecule has 1 aliphatic heterocycles. The number of hydrogen-bond donors (Lipinski definition) is 0. The van der Waals surface area contributed by atoms with Crippen LogP contribution in [0, 0.1) is 0 Å². The van der Waals surface area contributed by atoms with E-state index in [0.29, 0.717) is 13.2 Å². The van der Waals surface area contributed by atoms with E-state index in [1.807, 2.05) is 6.07 Å². The Kier molecular flexibility index (Phi) is 16.7. The highest BCUT2D eigenvalue weighted by molar-refractivity contribution is 5.13. The van der Waals surface area contributed by atoms with Crippen molar-refractivity contribution in [2.75, 3.05) is 19.8 Å². The predicted molar refractivity (Wildman–Crippen MR) is 135 cm³/mol. The zero-order valence-corrected chi connectivity index (χ0v) is 20.9. The van der Waals surface area contributed by atoms with E-state index in [4.69, 9.17) is 14.2 Å². The molecule has 1 saturated heterocycles. The average Bonchev–Trinajstić information content (AvgIpc) is 2.83. The predicted octanol–water partition coefficient (Wildman–Crippen LogP) is 8.25. The van der Waals surface area contributed by atoms with E-state index in [1.165, 1.54) is 95.5 Å². The molecule has 0 spiro atoms. The van der Waals surface area contributed by atoms with Gasteiger partial charge in [-0.25, -0.2) is 0 Å². The molecule has 0 amide bonds. The number of benzene rings is 1. The summed E-state index contributed by atoms with van der Waals surface area (Å²) in [4.78, 5) is 0. The van der Waals surface area contributed by atoms with E-state index >= 15 is 0 Å². The fourth-order valence-corrected chi connectivity index (χ4v) is 4.56. The monoisotopic (exact) mass is 446 g/mol. The number of unbranched alkanes of at least 4 members (excludes halogenated alkanes) is 13. The first-order valence-electron chi connectivity index (χ1n) is 13.7. The average molecular weight is 447 g/mol. The van der Waals surface area contributed by atoms with Gasteiger partial charge in [-0.15, -0.1) is 0 Å². The van der Waals surface area contributed by atoms with Crippen molar-refractivity contribution in [2.45, 2.75) is 128 Å². The lowest BCUT2D eigenvalue weighted by Crippen LogP contribution is -2.39. The summed E-state index contributed by atoms with van der Waals surface area (Å²) in [6.07, 6.45) is 22.0. The van der Waals surface area contributed by atoms with E-state index in [9.17, 15) is 0 Å². The van der Waals surface area contributed by atoms with Crippen molar-refractivity contribution < 1.29 is 14.2 Å². The Balaban J connectivity index is 1.39. The molecule has 0 unspecified atom stereocenters. The lowest BCUT2D eigenvalue weighted by Gasteiger charge is -2.31. The van der Waals surface area contributed by atoms with E-state index in [2.05, 4.69) is 31.2 Å². The highest BCUT2D eigenvalue weighted by Gasteiger charge is 2.26. The SMILES string of the molecule is CCCCCCCCCCCCCCCCO[C@@H]1CCCO[C@H]1COCc1ccccc1. The van der Waals surface area contributed by atoms with Crippen molar-refractivity contribution in [2.24, 2.45) is 0 Å². The van der Waals surface area contributed by atoms with Crippen molar-refractivity contribution in [1.29, 1.82) is 0 Å². The summed E-state index contributed by atoms with van der Waals surface area (Å²) in [6, 6.07) is 10.3. The smallest absolute Gasteiger partial charge is 0.107 e. The zero-order chi connectivity index (χ0) is 22.5. The normalized spacial score (nSPS) is 18.8. The molecular formula is C29H50O3. The van der Waals surface area contributed by atoms with Gasteiger partial charge in [0.2, 0.25) is 0 Å². The first kappa shape index (κ1) is 27.3. The third-order valence-electron chi connectivity index (χ3n) is 6.60. The van der Waals surface area contributed by atoms with Crippen molar-refractivity contribution in [3.8, 4) is 0 Å². The van der Waals surface area contributed by atoms with Crippen LogP contribution < -0.4 is 0 Å². The molecule has 1 aliphatic rings. The maximum atomic E-state index is 6.20. The quantitative estimate of drug-likeness (QED) is 0.189. The minimum atomic E-state index is 0.0825. The molecule has 0 aromatic heterocycles. The first-order chi connectivity index (χ1) is 15.9. The molecule has 0 saturated carbocycles. The molecule has 0 N–H and O–H groups in total. The molecule has 0 aliphatic carbocycles. The Hall–Kier alpha value is -0.900. The van der Waals surface area contributed by atoms with Gasteiger partial charge >= 0.3 is 0 Å². The van der Waals surface area contributed by atoms with Crippen LogP contribution in [0.25, 0.3) is 0 Å². The summed E-state index contributed by atoms with van der Waals surface area (Å²) in [6.45, 7) is 5.25. The fraction of sp³-hybridized carbons (Fsp3) is 0.793. The fourth-order valence-electron chi connectivity index (χ4n) is 4.56. The zero-order valence-electron chi connectivity index (χ0n) is 20.9. The molecule has 0 bridgehead atoms. The maximum Gasteiger partial charge on any atom is 0.107 e. The van der Waals surface area contributed by atoms with Crippen LogP contribution in [0.4, 0.5) is 0 Å². The highest BCUT2D eigenvalue weighted by atomic mass is 16.6. The molecule has 184 valence electrons. The van der Waals surface area contributed by atoms with Crippen molar-refractivity contribution in [1.82, 2.24) is 0 Å². The molecule has 1 fully saturated rings. The van der Waals surface area contributed by atoms with E-state index in [0.717, 1.165) is 26.1 Å². The molecule has 2 atom stereocenters. The molecule has 0 radical (unpaired) electrons. The van der Waals surface area contributed by atoms with Gasteiger partial charge in [-0.05, 0) is 24.8 Å². The standard InChI is InChI=1S/C29H50O3/c1-2-3-4-5-6-7-8-9-10-11-12-13-14-18-23-31-28-22-19-24-32-29(28)26-30-25-27-20-16-15-17-21-27/h15-17,20-21,28-29H,2-14,18-19,22-26H2,1H3/t28-,29+/m1/s1. The van der Waals surface area contributed by atoms with Gasteiger partial charge in [-0.3, -0.25) is 0 Å². The third kappa shape index (κ3) is 13.6. The van der Waals surface area contributed by atoms with Crippen LogP contribution in [-0.2, 0) is 20.8 Å². The summed E-state index contributed by atoms with van der Waals surface area (Å²) < 4.78 is 18.1. The Morgan fingerprint density at radius 1 is 0.781 bits per heavy atom. The second-order valence-electron chi connectivity index (χ2n) is 9.56. The van der Waals surface area contributed by atoms with Crippen molar-refractivity contribution >= 4 is 0 Å². The minimum Gasteiger partial charge on any atom is -0.375 e. The number of ether oxygens (including phenoxy) is 3. The van der Waals surface area contributed by atoms with E-state index in [-0.39, 0.29) is 12.2 Å². The first-order valence-corrected chi connectivity index (χ1v) is 13.7. The topological polar surface area (TPSA) is 27.7 Å². The van der Waals surface area contributed by atoms with Crippen LogP contribution in [0.2, 0.25) is 0 Å². The summed E-state index contributed by atoms with van der Waals surface area (Å²) in [7, 11) is 0. The summed E-state index contributed by atoms with van der Waals surface area (Å²) in [5.74, 6) is 0. The highest BCUT2D eigenvalue weighted by Crippen LogP contribution is 2.19. The molecule has 2 rings (SSSR count). The Morgan fingerprint density at radius 2 is 1.38 bits per heavy atom. The molecule has 1 aromatic carbocycles. The number of hydrogen-bond acceptors (Lipinski definition) is 3. The molecule has 32 heavy (non-hydrogen) atoms. The van der Waals surface area contributed by atoms with Crippen LogP contribution in [0.5, 0.6) is 0 Å². The van der Waals surface area contributed by atoms with Gasteiger partial charge in [0.05, 0.1) is 19.3 Å². The van der Waals surface area contributed by atoms with Crippen molar-refractivity contribution in [3.63, 3.8) is 0 Å². The second-order valence-corrected chi connectivity index (χ2v) is 9.56. The third-order valence-corrected chi connectivity index (χ3v) is 6.60. The largest absolute Gasteiger partial charge is 0.375 e. The van der Waals surface area contributed by atoms with Gasteiger partial charge in [0.15, 0.2) is 0 Å². The number of rotatable bonds is 20. The summed E-state index contributed by atoms with van der Waals surface area (Å²) >= 11 is 0. The van der Waals surface area contributed by atoms with Crippen LogP contribution in [0.1, 0.15) is 115 Å². The molecular weight excluding hydrogens is 396 g/mol. The van der Waals surface area contributed by atoms with Gasteiger partial charge in [-0.1, -0.05) is 121 Å². The molecule has 3 nitrogen and oxygen atoms in total. The van der Waals surface area contributed by atoms with Gasteiger partial charge < -0.3 is 14.2 Å². The van der Waals surface area contributed by atoms with Crippen LogP contribution in [0.15, 0.2) is 30.3 Å². The summed E-state index contributed by atoms with van der Waals surface area (Å²) in [5.41, 5.74) is 1.21. The Bertz CT molecular complexity index is 518. The molecule has 3 heteroatoms. The van der Waals surface area contributed by atoms with E-state index in [1.54, 1.807) is 0 Å². The van der Waals surface area contributed by atoms with Crippen molar-refractivity contribution in [3.05, 3.63) is 35.9 Å². The van der Waals surface area contributed by atoms with Gasteiger partial charge in [0, 0.05) is 13.2 Å². The maximum absolute atomic E-state index is 6.20. The van der Waals surface area contributed by atoms with Crippen LogP contribution in [-0.4, -0.2) is 32.0 Å². The molecule has 1 heterocycles. The van der Waals surface area contributed by atoms with Gasteiger partial charge in [0.1, 0.15) is 6.10 Å². The lowest BCUT2D eigenvalue weighted by atomic mass is 10.0. The van der Waals surface area contributed by atoms with E-state index < -0.39 is 0 Å². The molecule has 1 aromatic rings. The second kappa shape index (κ2) is 19.6. The van der Waals surface area contributed by atoms with Gasteiger partial charge in [-0.2, -0.15) is 0 Å². The summed E-state index contributed by atoms with van der Waals surface area (Å²) in [5, 5.41) is 0. The van der Waals surface area contributed by atoms with Crippen LogP contribution >= 0.6 is 0 Å².